The van der Waals surface area contributed by atoms with Crippen molar-refractivity contribution in [3.63, 3.8) is 0 Å². The highest BCUT2D eigenvalue weighted by molar-refractivity contribution is 5.93. The maximum atomic E-state index is 16.8. The number of nitrogens with one attached hydrogen (secondary N) is 1. The van der Waals surface area contributed by atoms with Gasteiger partial charge >= 0.3 is 0 Å². The molecular formula is C37H40F2N6O3. The molecule has 1 aliphatic carbocycles. The molecule has 0 amide bonds. The number of phenols is 1. The number of aromatic nitrogens is 3. The van der Waals surface area contributed by atoms with Crippen LogP contribution in [0.2, 0.25) is 0 Å². The van der Waals surface area contributed by atoms with Crippen LogP contribution in [0.5, 0.6) is 11.6 Å². The van der Waals surface area contributed by atoms with Gasteiger partial charge in [0.05, 0.1) is 18.5 Å². The summed E-state index contributed by atoms with van der Waals surface area (Å²) in [6.07, 6.45) is 13.9. The zero-order chi connectivity index (χ0) is 32.6. The smallest absolute Gasteiger partial charge is 0.244 e. The monoisotopic (exact) mass is 654 g/mol. The first-order valence-corrected chi connectivity index (χ1v) is 17.2. The number of halogens is 2. The number of benzene rings is 2. The van der Waals surface area contributed by atoms with Crippen molar-refractivity contribution in [1.82, 2.24) is 24.8 Å². The molecule has 2 bridgehead atoms. The lowest BCUT2D eigenvalue weighted by Gasteiger charge is -2.53. The van der Waals surface area contributed by atoms with Gasteiger partial charge < -0.3 is 34.3 Å². The van der Waals surface area contributed by atoms with Gasteiger partial charge in [-0.25, -0.2) is 13.8 Å². The minimum absolute atomic E-state index is 0.0133. The molecule has 2 N–H and O–H groups in total. The Labute approximate surface area is 278 Å². The number of nitrogens with zero attached hydrogens (tertiary/aromatic N) is 5. The third-order valence-corrected chi connectivity index (χ3v) is 11.5. The summed E-state index contributed by atoms with van der Waals surface area (Å²) in [6.45, 7) is 6.87. The Morgan fingerprint density at radius 3 is 2.58 bits per heavy atom. The Hall–Kier alpha value is -3.98. The molecule has 0 radical (unpaired) electrons. The molecule has 2 unspecified atom stereocenters. The van der Waals surface area contributed by atoms with Crippen molar-refractivity contribution in [2.45, 2.75) is 57.2 Å². The van der Waals surface area contributed by atoms with Gasteiger partial charge in [-0.2, -0.15) is 4.98 Å². The fraction of sp³-hybridized carbons (Fsp3) is 0.514. The van der Waals surface area contributed by atoms with Crippen molar-refractivity contribution in [2.24, 2.45) is 10.8 Å². The van der Waals surface area contributed by atoms with Crippen LogP contribution >= 0.6 is 0 Å². The Morgan fingerprint density at radius 1 is 1.08 bits per heavy atom. The SMILES string of the molecule is C#Cc1c(F)ccc2cc(O)cc(Cn3cnc4c(OCC5(CN6CC7(CCOCC7)C6)CC5)nc(N5CC6CCC(C5)N6)c(F)c43)c12. The van der Waals surface area contributed by atoms with Gasteiger partial charge in [-0.15, -0.1) is 6.42 Å². The lowest BCUT2D eigenvalue weighted by atomic mass is 9.73. The largest absolute Gasteiger partial charge is 0.508 e. The molecule has 9 nitrogen and oxygen atoms in total. The van der Waals surface area contributed by atoms with Crippen LogP contribution in [0.4, 0.5) is 14.6 Å². The standard InChI is InChI=1S/C37H40F2N6O3/c1-2-28-29(38)6-3-23-13-27(46)14-24(30(23)28)15-45-22-40-32-33(45)31(39)34(44-16-25-4-5-26(17-44)41-25)42-35(32)48-21-37(7-8-37)20-43-18-36(19-43)9-11-47-12-10-36/h1,3,6,13-14,22,25-26,41,46H,4-5,7-12,15-21H2. The van der Waals surface area contributed by atoms with Gasteiger partial charge in [-0.3, -0.25) is 0 Å². The Kier molecular flexibility index (Phi) is 7.08. The van der Waals surface area contributed by atoms with E-state index < -0.39 is 11.6 Å². The molecule has 48 heavy (non-hydrogen) atoms. The lowest BCUT2D eigenvalue weighted by molar-refractivity contribution is -0.0883. The molecule has 5 fully saturated rings. The van der Waals surface area contributed by atoms with Gasteiger partial charge in [0.25, 0.3) is 0 Å². The molecule has 9 rings (SSSR count). The van der Waals surface area contributed by atoms with Crippen LogP contribution in [0.25, 0.3) is 21.8 Å². The van der Waals surface area contributed by atoms with E-state index in [-0.39, 0.29) is 46.7 Å². The number of hydrogen-bond donors (Lipinski definition) is 2. The van der Waals surface area contributed by atoms with E-state index in [0.29, 0.717) is 52.8 Å². The first-order valence-electron chi connectivity index (χ1n) is 17.2. The Morgan fingerprint density at radius 2 is 1.85 bits per heavy atom. The summed E-state index contributed by atoms with van der Waals surface area (Å²) in [5.74, 6) is 2.09. The third kappa shape index (κ3) is 5.16. The number of likely N-dealkylation sites (tertiary alicyclic amines) is 1. The molecule has 11 heteroatoms. The molecule has 2 aromatic heterocycles. The van der Waals surface area contributed by atoms with Crippen LogP contribution in [0.1, 0.15) is 49.7 Å². The number of terminal acetylenes is 1. The average molecular weight is 655 g/mol. The second kappa shape index (κ2) is 11.3. The average Bonchev–Trinajstić information content (AvgIpc) is 3.57. The lowest BCUT2D eigenvalue weighted by Crippen LogP contribution is -2.59. The van der Waals surface area contributed by atoms with Crippen LogP contribution in [0, 0.1) is 34.8 Å². The van der Waals surface area contributed by atoms with E-state index in [1.165, 1.54) is 6.07 Å². The van der Waals surface area contributed by atoms with Crippen LogP contribution in [-0.2, 0) is 11.3 Å². The summed E-state index contributed by atoms with van der Waals surface area (Å²) in [4.78, 5) is 14.1. The number of fused-ring (bicyclic) bond motifs is 4. The summed E-state index contributed by atoms with van der Waals surface area (Å²) in [6, 6.07) is 6.57. The first-order chi connectivity index (χ1) is 23.3. The van der Waals surface area contributed by atoms with E-state index >= 15 is 4.39 Å². The highest BCUT2D eigenvalue weighted by Gasteiger charge is 2.51. The van der Waals surface area contributed by atoms with Crippen molar-refractivity contribution in [1.29, 1.82) is 0 Å². The first kappa shape index (κ1) is 30.1. The number of hydrogen-bond acceptors (Lipinski definition) is 8. The number of imidazole rings is 1. The van der Waals surface area contributed by atoms with Crippen molar-refractivity contribution in [2.75, 3.05) is 57.4 Å². The van der Waals surface area contributed by atoms with Crippen molar-refractivity contribution in [3.05, 3.63) is 53.4 Å². The van der Waals surface area contributed by atoms with E-state index in [4.69, 9.17) is 20.9 Å². The van der Waals surface area contributed by atoms with Crippen LogP contribution < -0.4 is 15.0 Å². The fourth-order valence-electron chi connectivity index (χ4n) is 8.79. The Bertz CT molecular complexity index is 1940. The van der Waals surface area contributed by atoms with E-state index in [1.54, 1.807) is 29.1 Å². The second-order valence-electron chi connectivity index (χ2n) is 15.0. The highest BCUT2D eigenvalue weighted by atomic mass is 19.1. The predicted molar refractivity (Wildman–Crippen MR) is 178 cm³/mol. The minimum Gasteiger partial charge on any atom is -0.508 e. The molecule has 2 aromatic carbocycles. The topological polar surface area (TPSA) is 87.9 Å². The van der Waals surface area contributed by atoms with Gasteiger partial charge in [-0.05, 0) is 67.7 Å². The van der Waals surface area contributed by atoms with E-state index in [2.05, 4.69) is 21.1 Å². The zero-order valence-electron chi connectivity index (χ0n) is 27.0. The quantitative estimate of drug-likeness (QED) is 0.262. The van der Waals surface area contributed by atoms with Crippen molar-refractivity contribution < 1.29 is 23.4 Å². The highest BCUT2D eigenvalue weighted by Crippen LogP contribution is 2.50. The predicted octanol–water partition coefficient (Wildman–Crippen LogP) is 4.81. The number of anilines is 1. The van der Waals surface area contributed by atoms with Crippen LogP contribution in [0.3, 0.4) is 0 Å². The normalized spacial score (nSPS) is 24.2. The molecular weight excluding hydrogens is 614 g/mol. The number of ether oxygens (including phenoxy) is 2. The van der Waals surface area contributed by atoms with Gasteiger partial charge in [0.15, 0.2) is 17.2 Å². The molecule has 5 aliphatic rings. The van der Waals surface area contributed by atoms with E-state index in [0.717, 1.165) is 71.4 Å². The molecule has 1 saturated carbocycles. The van der Waals surface area contributed by atoms with Crippen molar-refractivity contribution in [3.8, 4) is 24.0 Å². The number of phenolic OH excluding ortho intramolecular Hbond substituents is 1. The molecule has 6 heterocycles. The zero-order valence-corrected chi connectivity index (χ0v) is 27.0. The van der Waals surface area contributed by atoms with E-state index in [1.807, 2.05) is 4.90 Å². The minimum atomic E-state index is -0.524. The second-order valence-corrected chi connectivity index (χ2v) is 15.0. The maximum Gasteiger partial charge on any atom is 0.244 e. The maximum absolute atomic E-state index is 16.8. The summed E-state index contributed by atoms with van der Waals surface area (Å²) in [7, 11) is 0. The number of piperazine rings is 1. The third-order valence-electron chi connectivity index (χ3n) is 11.5. The summed E-state index contributed by atoms with van der Waals surface area (Å²) in [5, 5.41) is 15.3. The molecule has 2 atom stereocenters. The van der Waals surface area contributed by atoms with Gasteiger partial charge in [-0.1, -0.05) is 12.0 Å². The van der Waals surface area contributed by atoms with Crippen molar-refractivity contribution >= 4 is 27.6 Å². The number of rotatable bonds is 8. The summed E-state index contributed by atoms with van der Waals surface area (Å²) in [5.41, 5.74) is 1.76. The molecule has 4 aromatic rings. The number of pyridine rings is 1. The molecule has 4 aliphatic heterocycles. The van der Waals surface area contributed by atoms with E-state index in [9.17, 15) is 9.50 Å². The van der Waals surface area contributed by atoms with Gasteiger partial charge in [0.2, 0.25) is 5.88 Å². The Balaban J connectivity index is 1.05. The summed E-state index contributed by atoms with van der Waals surface area (Å²) >= 11 is 0. The van der Waals surface area contributed by atoms with Gasteiger partial charge in [0.1, 0.15) is 17.1 Å². The fourth-order valence-corrected chi connectivity index (χ4v) is 8.79. The summed E-state index contributed by atoms with van der Waals surface area (Å²) < 4.78 is 45.5. The van der Waals surface area contributed by atoms with Gasteiger partial charge in [0, 0.05) is 80.8 Å². The van der Waals surface area contributed by atoms with Crippen LogP contribution in [-0.4, -0.2) is 89.2 Å². The number of aromatic hydroxyl groups is 1. The molecule has 1 spiro atoms. The molecule has 4 saturated heterocycles. The van der Waals surface area contributed by atoms with Crippen LogP contribution in [0.15, 0.2) is 30.6 Å². The molecule has 250 valence electrons.